The van der Waals surface area contributed by atoms with Crippen LogP contribution in [0.4, 0.5) is 21.8 Å². The molecule has 1 amide bonds. The van der Waals surface area contributed by atoms with Gasteiger partial charge in [-0.05, 0) is 66.9 Å². The summed E-state index contributed by atoms with van der Waals surface area (Å²) in [5.41, 5.74) is 4.62. The van der Waals surface area contributed by atoms with Crippen molar-refractivity contribution < 1.29 is 9.18 Å². The summed E-state index contributed by atoms with van der Waals surface area (Å²) in [6, 6.07) is 15.4. The fourth-order valence-corrected chi connectivity index (χ4v) is 3.76. The molecule has 0 saturated carbocycles. The number of fused-ring (bicyclic) bond motifs is 1. The highest BCUT2D eigenvalue weighted by Crippen LogP contribution is 2.27. The van der Waals surface area contributed by atoms with Crippen molar-refractivity contribution in [2.45, 2.75) is 20.4 Å². The van der Waals surface area contributed by atoms with E-state index in [-0.39, 0.29) is 10.6 Å². The molecule has 0 unspecified atom stereocenters. The number of aromatic nitrogens is 2. The minimum atomic E-state index is -0.663. The number of hydrogen-bond donors (Lipinski definition) is 3. The predicted molar refractivity (Wildman–Crippen MR) is 132 cm³/mol. The average molecular weight is 464 g/mol. The summed E-state index contributed by atoms with van der Waals surface area (Å²) in [6.07, 6.45) is 0. The Balaban J connectivity index is 1.49. The zero-order chi connectivity index (χ0) is 23.5. The van der Waals surface area contributed by atoms with Crippen molar-refractivity contribution in [2.75, 3.05) is 23.0 Å². The van der Waals surface area contributed by atoms with Crippen LogP contribution in [0.3, 0.4) is 0 Å². The van der Waals surface area contributed by atoms with Crippen molar-refractivity contribution in [1.29, 1.82) is 0 Å². The monoisotopic (exact) mass is 463 g/mol. The highest BCUT2D eigenvalue weighted by atomic mass is 35.5. The fourth-order valence-electron chi connectivity index (χ4n) is 3.60. The molecule has 3 N–H and O–H groups in total. The maximum Gasteiger partial charge on any atom is 0.258 e. The van der Waals surface area contributed by atoms with Gasteiger partial charge in [-0.2, -0.15) is 4.98 Å². The molecule has 0 atom stereocenters. The lowest BCUT2D eigenvalue weighted by molar-refractivity contribution is 0.102. The first-order valence-corrected chi connectivity index (χ1v) is 10.8. The molecule has 0 radical (unpaired) electrons. The largest absolute Gasteiger partial charge is 0.365 e. The van der Waals surface area contributed by atoms with E-state index in [2.05, 4.69) is 38.1 Å². The average Bonchev–Trinajstić information content (AvgIpc) is 2.78. The Hall–Kier alpha value is -3.71. The van der Waals surface area contributed by atoms with E-state index in [1.54, 1.807) is 19.2 Å². The lowest BCUT2D eigenvalue weighted by Gasteiger charge is -2.13. The van der Waals surface area contributed by atoms with Crippen molar-refractivity contribution in [3.05, 3.63) is 87.7 Å². The molecule has 1 aromatic heterocycles. The second kappa shape index (κ2) is 9.42. The first-order chi connectivity index (χ1) is 15.8. The lowest BCUT2D eigenvalue weighted by Crippen LogP contribution is -2.13. The second-order valence-electron chi connectivity index (χ2n) is 7.75. The Labute approximate surface area is 196 Å². The molecule has 4 rings (SSSR count). The van der Waals surface area contributed by atoms with Gasteiger partial charge in [-0.15, -0.1) is 0 Å². The number of halogens is 2. The maximum absolute atomic E-state index is 14.0. The number of anilines is 3. The highest BCUT2D eigenvalue weighted by molar-refractivity contribution is 6.30. The highest BCUT2D eigenvalue weighted by Gasteiger charge is 2.13. The van der Waals surface area contributed by atoms with E-state index in [0.29, 0.717) is 18.2 Å². The summed E-state index contributed by atoms with van der Waals surface area (Å²) in [5, 5.41) is 10.3. The van der Waals surface area contributed by atoms with Gasteiger partial charge in [-0.25, -0.2) is 9.37 Å². The molecule has 3 aromatic carbocycles. The molecule has 6 nitrogen and oxygen atoms in total. The number of rotatable bonds is 6. The third kappa shape index (κ3) is 5.04. The number of hydrogen-bond acceptors (Lipinski definition) is 5. The van der Waals surface area contributed by atoms with Crippen LogP contribution in [0.1, 0.15) is 27.0 Å². The Kier molecular flexibility index (Phi) is 6.42. The van der Waals surface area contributed by atoms with E-state index >= 15 is 0 Å². The SMILES string of the molecule is CNc1nc(NCc2ccc(NC(=O)c3ccc(Cl)cc3F)cc2)c2cc(C)cc(C)c2n1. The Bertz CT molecular complexity index is 1340. The van der Waals surface area contributed by atoms with Crippen molar-refractivity contribution in [1.82, 2.24) is 9.97 Å². The van der Waals surface area contributed by atoms with E-state index < -0.39 is 11.7 Å². The van der Waals surface area contributed by atoms with E-state index in [1.165, 1.54) is 12.1 Å². The minimum absolute atomic E-state index is 0.0632. The lowest BCUT2D eigenvalue weighted by atomic mass is 10.1. The van der Waals surface area contributed by atoms with Crippen molar-refractivity contribution in [2.24, 2.45) is 0 Å². The quantitative estimate of drug-likeness (QED) is 0.329. The van der Waals surface area contributed by atoms with Crippen LogP contribution < -0.4 is 16.0 Å². The number of benzene rings is 3. The molecular formula is C25H23ClFN5O. The minimum Gasteiger partial charge on any atom is -0.365 e. The molecule has 0 spiro atoms. The molecule has 0 aliphatic carbocycles. The van der Waals surface area contributed by atoms with Crippen LogP contribution in [0.25, 0.3) is 10.9 Å². The molecule has 8 heteroatoms. The number of aryl methyl sites for hydroxylation is 2. The zero-order valence-electron chi connectivity index (χ0n) is 18.5. The molecule has 168 valence electrons. The zero-order valence-corrected chi connectivity index (χ0v) is 19.2. The Morgan fingerprint density at radius 3 is 2.48 bits per heavy atom. The van der Waals surface area contributed by atoms with Crippen LogP contribution in [0.5, 0.6) is 0 Å². The van der Waals surface area contributed by atoms with E-state index in [0.717, 1.165) is 39.5 Å². The van der Waals surface area contributed by atoms with Crippen LogP contribution in [0.2, 0.25) is 5.02 Å². The first kappa shape index (κ1) is 22.5. The molecule has 0 bridgehead atoms. The molecule has 0 fully saturated rings. The number of nitrogens with zero attached hydrogens (tertiary/aromatic N) is 2. The molecule has 33 heavy (non-hydrogen) atoms. The summed E-state index contributed by atoms with van der Waals surface area (Å²) in [5.74, 6) is 0.0910. The molecular weight excluding hydrogens is 441 g/mol. The molecule has 0 saturated heterocycles. The van der Waals surface area contributed by atoms with Gasteiger partial charge in [0.15, 0.2) is 0 Å². The number of carbonyl (C=O) groups is 1. The van der Waals surface area contributed by atoms with Crippen molar-refractivity contribution >= 4 is 45.9 Å². The second-order valence-corrected chi connectivity index (χ2v) is 8.19. The van der Waals surface area contributed by atoms with Gasteiger partial charge in [-0.1, -0.05) is 29.8 Å². The molecule has 0 aliphatic heterocycles. The molecule has 0 aliphatic rings. The van der Waals surface area contributed by atoms with E-state index in [1.807, 2.05) is 26.0 Å². The van der Waals surface area contributed by atoms with Crippen molar-refractivity contribution in [3.8, 4) is 0 Å². The Morgan fingerprint density at radius 1 is 1.03 bits per heavy atom. The maximum atomic E-state index is 14.0. The van der Waals surface area contributed by atoms with Gasteiger partial charge in [-0.3, -0.25) is 4.79 Å². The van der Waals surface area contributed by atoms with Crippen LogP contribution in [-0.4, -0.2) is 22.9 Å². The van der Waals surface area contributed by atoms with E-state index in [9.17, 15) is 9.18 Å². The number of nitrogens with one attached hydrogen (secondary N) is 3. The number of carbonyl (C=O) groups excluding carboxylic acids is 1. The van der Waals surface area contributed by atoms with Crippen LogP contribution >= 0.6 is 11.6 Å². The van der Waals surface area contributed by atoms with Gasteiger partial charge in [0.1, 0.15) is 11.6 Å². The Morgan fingerprint density at radius 2 is 1.79 bits per heavy atom. The standard InChI is InChI=1S/C25H23ClFN5O/c1-14-10-15(2)22-20(11-14)23(32-25(28-3)31-22)29-13-16-4-7-18(8-5-16)30-24(33)19-9-6-17(26)12-21(19)27/h4-12H,13H2,1-3H3,(H,30,33)(H2,28,29,31,32). The van der Waals surface area contributed by atoms with Crippen LogP contribution in [0, 0.1) is 19.7 Å². The molecule has 1 heterocycles. The summed E-state index contributed by atoms with van der Waals surface area (Å²) in [6.45, 7) is 4.61. The summed E-state index contributed by atoms with van der Waals surface area (Å²) in [4.78, 5) is 21.5. The van der Waals surface area contributed by atoms with Gasteiger partial charge >= 0.3 is 0 Å². The third-order valence-corrected chi connectivity index (χ3v) is 5.44. The van der Waals surface area contributed by atoms with Gasteiger partial charge in [0.2, 0.25) is 5.95 Å². The van der Waals surface area contributed by atoms with Crippen LogP contribution in [-0.2, 0) is 6.54 Å². The van der Waals surface area contributed by atoms with Gasteiger partial charge in [0.05, 0.1) is 11.1 Å². The van der Waals surface area contributed by atoms with Gasteiger partial charge in [0.25, 0.3) is 5.91 Å². The number of amides is 1. The summed E-state index contributed by atoms with van der Waals surface area (Å²) >= 11 is 5.75. The topological polar surface area (TPSA) is 78.9 Å². The fraction of sp³-hybridized carbons (Fsp3) is 0.160. The molecule has 4 aromatic rings. The van der Waals surface area contributed by atoms with Gasteiger partial charge in [0, 0.05) is 29.7 Å². The first-order valence-electron chi connectivity index (χ1n) is 10.4. The predicted octanol–water partition coefficient (Wildman–Crippen LogP) is 5.95. The normalized spacial score (nSPS) is 10.8. The third-order valence-electron chi connectivity index (χ3n) is 5.21. The van der Waals surface area contributed by atoms with Crippen LogP contribution in [0.15, 0.2) is 54.6 Å². The smallest absolute Gasteiger partial charge is 0.258 e. The van der Waals surface area contributed by atoms with Gasteiger partial charge < -0.3 is 16.0 Å². The van der Waals surface area contributed by atoms with Crippen molar-refractivity contribution in [3.63, 3.8) is 0 Å². The summed E-state index contributed by atoms with van der Waals surface area (Å²) in [7, 11) is 1.79. The van der Waals surface area contributed by atoms with E-state index in [4.69, 9.17) is 11.6 Å². The summed E-state index contributed by atoms with van der Waals surface area (Å²) < 4.78 is 14.0.